The van der Waals surface area contributed by atoms with Crippen LogP contribution < -0.4 is 59.1 Å². The van der Waals surface area contributed by atoms with Crippen LogP contribution in [-0.4, -0.2) is 23.3 Å². The van der Waals surface area contributed by atoms with E-state index in [4.69, 9.17) is 0 Å². The number of nitrogens with zero attached hydrogens (tertiary/aromatic N) is 1. The summed E-state index contributed by atoms with van der Waals surface area (Å²) >= 11 is 8.46. The van der Waals surface area contributed by atoms with Gasteiger partial charge in [-0.3, -0.25) is 0 Å². The van der Waals surface area contributed by atoms with Gasteiger partial charge in [-0.25, -0.2) is 0 Å². The van der Waals surface area contributed by atoms with Crippen molar-refractivity contribution >= 4 is 29.2 Å². The fraction of sp³-hybridized carbons (Fsp3) is 0.400. The van der Waals surface area contributed by atoms with Crippen molar-refractivity contribution in [2.45, 2.75) is 0 Å². The van der Waals surface area contributed by atoms with E-state index in [0.717, 1.165) is 0 Å². The van der Waals surface area contributed by atoms with E-state index in [2.05, 4.69) is 38.0 Å². The van der Waals surface area contributed by atoms with Gasteiger partial charge in [0, 0.05) is 14.1 Å². The monoisotopic (exact) mass is 197 g/mol. The van der Waals surface area contributed by atoms with E-state index >= 15 is 0 Å². The normalized spacial score (nSPS) is 5.10. The van der Waals surface area contributed by atoms with E-state index in [9.17, 15) is 0 Å². The van der Waals surface area contributed by atoms with Gasteiger partial charge < -0.3 is 7.75 Å². The Morgan fingerprint density at radius 3 is 1.50 bits per heavy atom. The minimum Gasteiger partial charge on any atom is -1.00 e. The van der Waals surface area contributed by atoms with Crippen molar-refractivity contribution < 1.29 is 62.0 Å². The van der Waals surface area contributed by atoms with Gasteiger partial charge in [0.2, 0.25) is 0 Å². The average molecular weight is 197 g/mol. The molecule has 10 heavy (non-hydrogen) atoms. The van der Waals surface area contributed by atoms with Gasteiger partial charge in [-0.05, 0) is 0 Å². The van der Waals surface area contributed by atoms with Gasteiger partial charge in [-0.2, -0.15) is 0 Å². The quantitative estimate of drug-likeness (QED) is 0.182. The predicted octanol–water partition coefficient (Wildman–Crippen LogP) is -4.20. The third-order valence-electron chi connectivity index (χ3n) is 0.383. The summed E-state index contributed by atoms with van der Waals surface area (Å²) in [5, 5.41) is 0. The smallest absolute Gasteiger partial charge is 1.00 e. The number of hydrogen-bond acceptors (Lipinski definition) is 1. The fourth-order valence-corrected chi connectivity index (χ4v) is 0. The second-order valence-electron chi connectivity index (χ2n) is 1.18. The zero-order valence-corrected chi connectivity index (χ0v) is 12.9. The van der Waals surface area contributed by atoms with Gasteiger partial charge in [-0.1, -0.05) is 12.2 Å². The summed E-state index contributed by atoms with van der Waals surface area (Å²) in [5.74, 6) is 0. The standard InChI is InChI=1S/C3H7NS2.C2H4.2Na.2H/c1-4(2)3(5)6;1-2;;;;/h1-2H3,(H,5,6);1-2H2;;;;/q;;2*+1;2*-1. The molecule has 0 aromatic rings. The molecule has 5 heteroatoms. The molecule has 0 aliphatic rings. The summed E-state index contributed by atoms with van der Waals surface area (Å²) in [6, 6.07) is 0. The van der Waals surface area contributed by atoms with Crippen LogP contribution in [0.1, 0.15) is 2.85 Å². The van der Waals surface area contributed by atoms with Crippen LogP contribution in [0.4, 0.5) is 0 Å². The second-order valence-corrected chi connectivity index (χ2v) is 2.29. The van der Waals surface area contributed by atoms with Gasteiger partial charge in [0.25, 0.3) is 0 Å². The molecule has 0 bridgehead atoms. The molecular formula is C5H13NNa2S2. The minimum absolute atomic E-state index is 0. The van der Waals surface area contributed by atoms with Crippen molar-refractivity contribution in [2.75, 3.05) is 14.1 Å². The molecule has 0 saturated heterocycles. The molecule has 0 amide bonds. The van der Waals surface area contributed by atoms with Gasteiger partial charge in [0.1, 0.15) is 4.32 Å². The molecule has 0 aromatic heterocycles. The van der Waals surface area contributed by atoms with Crippen molar-refractivity contribution in [3.05, 3.63) is 13.2 Å². The first kappa shape index (κ1) is 22.7. The van der Waals surface area contributed by atoms with Crippen molar-refractivity contribution in [3.8, 4) is 0 Å². The van der Waals surface area contributed by atoms with E-state index in [1.807, 2.05) is 14.1 Å². The van der Waals surface area contributed by atoms with Crippen molar-refractivity contribution in [1.29, 1.82) is 0 Å². The number of hydrogen-bond donors (Lipinski definition) is 1. The topological polar surface area (TPSA) is 3.24 Å². The van der Waals surface area contributed by atoms with E-state index < -0.39 is 0 Å². The maximum Gasteiger partial charge on any atom is 1.00 e. The van der Waals surface area contributed by atoms with Crippen LogP contribution in [0.3, 0.4) is 0 Å². The summed E-state index contributed by atoms with van der Waals surface area (Å²) in [6.07, 6.45) is 0. The first-order valence-corrected chi connectivity index (χ1v) is 2.90. The van der Waals surface area contributed by atoms with Crippen molar-refractivity contribution in [1.82, 2.24) is 4.90 Å². The Morgan fingerprint density at radius 2 is 1.50 bits per heavy atom. The molecule has 0 heterocycles. The molecule has 0 radical (unpaired) electrons. The van der Waals surface area contributed by atoms with E-state index in [1.54, 1.807) is 4.90 Å². The Kier molecular flexibility index (Phi) is 39.0. The van der Waals surface area contributed by atoms with Crippen molar-refractivity contribution in [2.24, 2.45) is 0 Å². The SMILES string of the molecule is C=C.CN(C)C(=S)S.[H-].[H-].[Na+].[Na+]. The molecule has 0 fully saturated rings. The Labute approximate surface area is 122 Å². The summed E-state index contributed by atoms with van der Waals surface area (Å²) < 4.78 is 0.620. The van der Waals surface area contributed by atoms with Crippen molar-refractivity contribution in [3.63, 3.8) is 0 Å². The molecule has 0 aromatic carbocycles. The van der Waals surface area contributed by atoms with Crippen LogP contribution >= 0.6 is 24.8 Å². The molecule has 52 valence electrons. The third-order valence-corrected chi connectivity index (χ3v) is 1.15. The van der Waals surface area contributed by atoms with Crippen LogP contribution in [0, 0.1) is 0 Å². The molecule has 0 unspecified atom stereocenters. The predicted molar refractivity (Wildman–Crippen MR) is 48.7 cm³/mol. The summed E-state index contributed by atoms with van der Waals surface area (Å²) in [6.45, 7) is 6.00. The maximum atomic E-state index is 4.61. The van der Waals surface area contributed by atoms with Gasteiger partial charge >= 0.3 is 59.1 Å². The molecule has 0 atom stereocenters. The Hall–Kier alpha value is 1.98. The van der Waals surface area contributed by atoms with Crippen LogP contribution in [0.15, 0.2) is 13.2 Å². The molecule has 0 saturated carbocycles. The second kappa shape index (κ2) is 17.2. The third kappa shape index (κ3) is 22.5. The average Bonchev–Trinajstić information content (AvgIpc) is 1.72. The molecule has 0 aliphatic carbocycles. The first-order chi connectivity index (χ1) is 3.64. The van der Waals surface area contributed by atoms with E-state index in [1.165, 1.54) is 0 Å². The molecule has 0 rings (SSSR count). The first-order valence-electron chi connectivity index (χ1n) is 2.05. The summed E-state index contributed by atoms with van der Waals surface area (Å²) in [4.78, 5) is 1.76. The molecule has 0 N–H and O–H groups in total. The zero-order valence-electron chi connectivity index (χ0n) is 9.22. The molecule has 0 spiro atoms. The van der Waals surface area contributed by atoms with E-state index in [0.29, 0.717) is 4.32 Å². The van der Waals surface area contributed by atoms with Gasteiger partial charge in [0.05, 0.1) is 0 Å². The molecular weight excluding hydrogens is 184 g/mol. The van der Waals surface area contributed by atoms with Crippen LogP contribution in [0.25, 0.3) is 0 Å². The van der Waals surface area contributed by atoms with Crippen LogP contribution in [0.5, 0.6) is 0 Å². The van der Waals surface area contributed by atoms with Gasteiger partial charge in [0.15, 0.2) is 0 Å². The Balaban J connectivity index is -0.0000000140. The maximum absolute atomic E-state index is 4.61. The largest absolute Gasteiger partial charge is 1.00 e. The molecule has 0 aliphatic heterocycles. The molecule has 1 nitrogen and oxygen atoms in total. The summed E-state index contributed by atoms with van der Waals surface area (Å²) in [7, 11) is 3.71. The fourth-order valence-electron chi connectivity index (χ4n) is 0. The minimum atomic E-state index is 0. The summed E-state index contributed by atoms with van der Waals surface area (Å²) in [5.41, 5.74) is 0. The number of thiocarbonyl (C=S) groups is 1. The van der Waals surface area contributed by atoms with Crippen LogP contribution in [0.2, 0.25) is 0 Å². The van der Waals surface area contributed by atoms with Gasteiger partial charge in [-0.15, -0.1) is 25.8 Å². The van der Waals surface area contributed by atoms with E-state index in [-0.39, 0.29) is 62.0 Å². The van der Waals surface area contributed by atoms with Crippen LogP contribution in [-0.2, 0) is 0 Å². The zero-order chi connectivity index (χ0) is 7.15. The number of rotatable bonds is 0. The number of thiol groups is 1. The Morgan fingerprint density at radius 1 is 1.40 bits per heavy atom. The Bertz CT molecular complexity index is 85.8.